The van der Waals surface area contributed by atoms with Gasteiger partial charge in [0.25, 0.3) is 0 Å². The van der Waals surface area contributed by atoms with Gasteiger partial charge in [0.2, 0.25) is 5.91 Å². The van der Waals surface area contributed by atoms with Gasteiger partial charge in [-0.15, -0.1) is 11.3 Å². The highest BCUT2D eigenvalue weighted by molar-refractivity contribution is 7.13. The number of anilines is 1. The van der Waals surface area contributed by atoms with Crippen LogP contribution in [0.2, 0.25) is 0 Å². The Hall–Kier alpha value is -1.61. The molecule has 1 saturated heterocycles. The molecule has 3 rings (SSSR count). The van der Waals surface area contributed by atoms with Crippen molar-refractivity contribution in [1.82, 2.24) is 9.88 Å². The smallest absolute Gasteiger partial charge is 0.243 e. The number of nitrogens with zero attached hydrogens (tertiary/aromatic N) is 4. The topological polar surface area (TPSA) is 60.2 Å². The molecule has 1 aromatic rings. The molecule has 1 aromatic heterocycles. The van der Waals surface area contributed by atoms with Crippen molar-refractivity contribution in [2.75, 3.05) is 31.1 Å². The molecule has 1 amide bonds. The zero-order chi connectivity index (χ0) is 14.2. The fourth-order valence-electron chi connectivity index (χ4n) is 3.22. The molecule has 20 heavy (non-hydrogen) atoms. The van der Waals surface area contributed by atoms with Crippen LogP contribution in [-0.4, -0.2) is 42.0 Å². The molecule has 0 aromatic carbocycles. The molecule has 0 unspecified atom stereocenters. The number of carbonyl (C=O) groups is 1. The van der Waals surface area contributed by atoms with E-state index in [4.69, 9.17) is 0 Å². The molecule has 1 saturated carbocycles. The van der Waals surface area contributed by atoms with Crippen molar-refractivity contribution >= 4 is 22.4 Å². The van der Waals surface area contributed by atoms with Crippen LogP contribution < -0.4 is 4.90 Å². The highest BCUT2D eigenvalue weighted by Crippen LogP contribution is 2.46. The summed E-state index contributed by atoms with van der Waals surface area (Å²) in [6, 6.07) is 2.27. The molecule has 0 atom stereocenters. The summed E-state index contributed by atoms with van der Waals surface area (Å²) in [6.07, 6.45) is 3.24. The molecule has 2 heterocycles. The minimum absolute atomic E-state index is 0.0388. The second-order valence-electron chi connectivity index (χ2n) is 5.80. The number of amides is 1. The minimum Gasteiger partial charge on any atom is -0.345 e. The highest BCUT2D eigenvalue weighted by atomic mass is 32.1. The quantitative estimate of drug-likeness (QED) is 0.832. The molecule has 1 aliphatic heterocycles. The molecule has 2 aliphatic rings. The van der Waals surface area contributed by atoms with Crippen LogP contribution in [0.3, 0.4) is 0 Å². The van der Waals surface area contributed by atoms with Crippen molar-refractivity contribution in [3.8, 4) is 6.07 Å². The first-order valence-electron chi connectivity index (χ1n) is 7.00. The fraction of sp³-hybridized carbons (Fsp3) is 0.643. The van der Waals surface area contributed by atoms with Gasteiger partial charge in [0.05, 0.1) is 6.07 Å². The van der Waals surface area contributed by atoms with E-state index in [0.29, 0.717) is 19.0 Å². The largest absolute Gasteiger partial charge is 0.345 e. The molecule has 2 fully saturated rings. The van der Waals surface area contributed by atoms with E-state index in [1.165, 1.54) is 0 Å². The summed E-state index contributed by atoms with van der Waals surface area (Å²) in [5, 5.41) is 12.3. The average molecular weight is 290 g/mol. The maximum atomic E-state index is 12.5. The van der Waals surface area contributed by atoms with E-state index < -0.39 is 5.41 Å². The molecule has 0 radical (unpaired) electrons. The molecular weight excluding hydrogens is 272 g/mol. The van der Waals surface area contributed by atoms with E-state index in [9.17, 15) is 10.1 Å². The van der Waals surface area contributed by atoms with Crippen molar-refractivity contribution in [3.05, 3.63) is 11.6 Å². The first-order valence-corrected chi connectivity index (χ1v) is 7.88. The summed E-state index contributed by atoms with van der Waals surface area (Å²) >= 11 is 1.62. The predicted octanol–water partition coefficient (Wildman–Crippen LogP) is 1.73. The Bertz CT molecular complexity index is 522. The number of hydrogen-bond donors (Lipinski definition) is 0. The Morgan fingerprint density at radius 3 is 2.65 bits per heavy atom. The van der Waals surface area contributed by atoms with Gasteiger partial charge in [-0.3, -0.25) is 4.79 Å². The van der Waals surface area contributed by atoms with Crippen LogP contribution in [0.15, 0.2) is 11.6 Å². The van der Waals surface area contributed by atoms with Gasteiger partial charge in [-0.2, -0.15) is 5.26 Å². The molecule has 6 heteroatoms. The van der Waals surface area contributed by atoms with Gasteiger partial charge in [0.15, 0.2) is 5.13 Å². The van der Waals surface area contributed by atoms with Crippen molar-refractivity contribution in [1.29, 1.82) is 5.26 Å². The van der Waals surface area contributed by atoms with E-state index in [2.05, 4.69) is 22.9 Å². The first kappa shape index (κ1) is 13.4. The second kappa shape index (κ2) is 5.06. The number of aromatic nitrogens is 1. The van der Waals surface area contributed by atoms with Crippen LogP contribution in [0.1, 0.15) is 19.8 Å². The Morgan fingerprint density at radius 2 is 2.15 bits per heavy atom. The fourth-order valence-corrected chi connectivity index (χ4v) is 3.92. The summed E-state index contributed by atoms with van der Waals surface area (Å²) in [6.45, 7) is 5.09. The van der Waals surface area contributed by atoms with Crippen molar-refractivity contribution in [2.45, 2.75) is 19.8 Å². The number of thiazole rings is 1. The Balaban J connectivity index is 1.61. The van der Waals surface area contributed by atoms with Gasteiger partial charge >= 0.3 is 0 Å². The second-order valence-corrected chi connectivity index (χ2v) is 6.67. The SMILES string of the molecule is CC1CC(C#N)(C(=O)N2CCN(c3nccs3)CC2)C1. The van der Waals surface area contributed by atoms with Crippen LogP contribution >= 0.6 is 11.3 Å². The summed E-state index contributed by atoms with van der Waals surface area (Å²) in [5.41, 5.74) is -0.733. The van der Waals surface area contributed by atoms with Crippen molar-refractivity contribution in [3.63, 3.8) is 0 Å². The van der Waals surface area contributed by atoms with Crippen molar-refractivity contribution < 1.29 is 4.79 Å². The van der Waals surface area contributed by atoms with Gasteiger partial charge in [0, 0.05) is 37.8 Å². The number of nitriles is 1. The lowest BCUT2D eigenvalue weighted by molar-refractivity contribution is -0.145. The van der Waals surface area contributed by atoms with E-state index >= 15 is 0 Å². The number of piperazine rings is 1. The van der Waals surface area contributed by atoms with Gasteiger partial charge < -0.3 is 9.80 Å². The van der Waals surface area contributed by atoms with Gasteiger partial charge in [-0.05, 0) is 18.8 Å². The predicted molar refractivity (Wildman–Crippen MR) is 77.4 cm³/mol. The summed E-state index contributed by atoms with van der Waals surface area (Å²) in [4.78, 5) is 20.9. The third-order valence-electron chi connectivity index (χ3n) is 4.27. The lowest BCUT2D eigenvalue weighted by Gasteiger charge is -2.44. The Morgan fingerprint density at radius 1 is 1.45 bits per heavy atom. The van der Waals surface area contributed by atoms with Crippen LogP contribution in [0, 0.1) is 22.7 Å². The van der Waals surface area contributed by atoms with E-state index in [1.54, 1.807) is 17.5 Å². The molecule has 1 aliphatic carbocycles. The maximum absolute atomic E-state index is 12.5. The number of hydrogen-bond acceptors (Lipinski definition) is 5. The first-order chi connectivity index (χ1) is 9.64. The molecular formula is C14H18N4OS. The zero-order valence-corrected chi connectivity index (χ0v) is 12.4. The van der Waals surface area contributed by atoms with E-state index in [-0.39, 0.29) is 5.91 Å². The Labute approximate surface area is 122 Å². The van der Waals surface area contributed by atoms with Crippen molar-refractivity contribution in [2.24, 2.45) is 11.3 Å². The monoisotopic (exact) mass is 290 g/mol. The van der Waals surface area contributed by atoms with Crippen LogP contribution in [0.5, 0.6) is 0 Å². The van der Waals surface area contributed by atoms with E-state index in [1.807, 2.05) is 10.3 Å². The van der Waals surface area contributed by atoms with E-state index in [0.717, 1.165) is 31.1 Å². The Kier molecular flexibility index (Phi) is 3.38. The summed E-state index contributed by atoms with van der Waals surface area (Å²) < 4.78 is 0. The normalized spacial score (nSPS) is 29.7. The summed E-state index contributed by atoms with van der Waals surface area (Å²) in [5.74, 6) is 0.534. The zero-order valence-electron chi connectivity index (χ0n) is 11.6. The molecule has 106 valence electrons. The van der Waals surface area contributed by atoms with Crippen LogP contribution in [0.25, 0.3) is 0 Å². The summed E-state index contributed by atoms with van der Waals surface area (Å²) in [7, 11) is 0. The molecule has 0 N–H and O–H groups in total. The third-order valence-corrected chi connectivity index (χ3v) is 5.11. The lowest BCUT2D eigenvalue weighted by atomic mass is 9.62. The highest BCUT2D eigenvalue weighted by Gasteiger charge is 2.50. The molecule has 0 spiro atoms. The molecule has 0 bridgehead atoms. The van der Waals surface area contributed by atoms with Gasteiger partial charge in [-0.25, -0.2) is 4.98 Å². The molecule has 5 nitrogen and oxygen atoms in total. The minimum atomic E-state index is -0.733. The van der Waals surface area contributed by atoms with Crippen LogP contribution in [0.4, 0.5) is 5.13 Å². The third kappa shape index (κ3) is 2.16. The van der Waals surface area contributed by atoms with Crippen LogP contribution in [-0.2, 0) is 4.79 Å². The lowest BCUT2D eigenvalue weighted by Crippen LogP contribution is -2.56. The maximum Gasteiger partial charge on any atom is 0.243 e. The number of carbonyl (C=O) groups excluding carboxylic acids is 1. The standard InChI is InChI=1S/C14H18N4OS/c1-11-8-14(9-11,10-15)12(19)17-3-5-18(6-4-17)13-16-2-7-20-13/h2,7,11H,3-6,8-9H2,1H3. The average Bonchev–Trinajstić information content (AvgIpc) is 2.97. The van der Waals surface area contributed by atoms with Gasteiger partial charge in [0.1, 0.15) is 5.41 Å². The van der Waals surface area contributed by atoms with Gasteiger partial charge in [-0.1, -0.05) is 6.92 Å². The number of rotatable bonds is 2.